The van der Waals surface area contributed by atoms with Gasteiger partial charge >= 0.3 is 0 Å². The fourth-order valence-electron chi connectivity index (χ4n) is 0.937. The normalized spacial score (nSPS) is 15.6. The monoisotopic (exact) mass is 136 g/mol. The highest BCUT2D eigenvalue weighted by Crippen LogP contribution is 2.17. The molecule has 0 fully saturated rings. The molecule has 45 valence electrons. The van der Waals surface area contributed by atoms with Crippen molar-refractivity contribution in [2.45, 2.75) is 6.42 Å². The fourth-order valence-corrected chi connectivity index (χ4v) is 1.69. The van der Waals surface area contributed by atoms with Crippen molar-refractivity contribution in [2.75, 3.05) is 6.54 Å². The molecule has 2 heteroatoms. The maximum atomic E-state index is 4.15. The molecule has 1 aliphatic rings. The van der Waals surface area contributed by atoms with Crippen molar-refractivity contribution in [3.63, 3.8) is 0 Å². The molecule has 1 nitrogen and oxygen atoms in total. The van der Waals surface area contributed by atoms with Crippen molar-refractivity contribution >= 4 is 17.6 Å². The molecular weight excluding hydrogens is 130 g/mol. The molecule has 9 heavy (non-hydrogen) atoms. The number of thiophene rings is 1. The Labute approximate surface area is 58.1 Å². The van der Waals surface area contributed by atoms with E-state index in [2.05, 4.69) is 10.4 Å². The highest BCUT2D eigenvalue weighted by Gasteiger charge is 2.04. The lowest BCUT2D eigenvalue weighted by molar-refractivity contribution is 0.974. The molecule has 0 aliphatic carbocycles. The van der Waals surface area contributed by atoms with E-state index in [9.17, 15) is 0 Å². The Hall–Kier alpha value is -0.630. The van der Waals surface area contributed by atoms with Crippen molar-refractivity contribution < 1.29 is 0 Å². The van der Waals surface area contributed by atoms with E-state index >= 15 is 0 Å². The predicted molar refractivity (Wildman–Crippen MR) is 39.3 cm³/mol. The first-order valence-corrected chi connectivity index (χ1v) is 3.77. The second-order valence-corrected chi connectivity index (χ2v) is 2.96. The zero-order valence-corrected chi connectivity index (χ0v) is 5.74. The topological polar surface area (TPSA) is 12.4 Å². The average molecular weight is 136 g/mol. The predicted octanol–water partition coefficient (Wildman–Crippen LogP) is 1.52. The molecule has 0 aromatic carbocycles. The molecule has 1 radical (unpaired) electrons. The molecule has 0 saturated heterocycles. The van der Waals surface area contributed by atoms with Crippen molar-refractivity contribution in [1.82, 2.24) is 0 Å². The van der Waals surface area contributed by atoms with Crippen molar-refractivity contribution in [3.05, 3.63) is 21.9 Å². The average Bonchev–Trinajstić information content (AvgIpc) is 2.33. The molecule has 1 aromatic heterocycles. The van der Waals surface area contributed by atoms with Gasteiger partial charge in [-0.25, -0.2) is 0 Å². The molecule has 0 spiro atoms. The maximum absolute atomic E-state index is 4.15. The number of hydrogen-bond acceptors (Lipinski definition) is 2. The van der Waals surface area contributed by atoms with Crippen LogP contribution in [0, 0.1) is 5.38 Å². The Balaban J connectivity index is 2.53. The lowest BCUT2D eigenvalue weighted by Gasteiger charge is -2.00. The summed E-state index contributed by atoms with van der Waals surface area (Å²) in [6.07, 6.45) is 3.05. The van der Waals surface area contributed by atoms with E-state index in [0.717, 1.165) is 13.0 Å². The van der Waals surface area contributed by atoms with Gasteiger partial charge in [0.05, 0.1) is 0 Å². The zero-order valence-electron chi connectivity index (χ0n) is 4.92. The highest BCUT2D eigenvalue weighted by molar-refractivity contribution is 7.09. The van der Waals surface area contributed by atoms with Gasteiger partial charge in [-0.15, -0.1) is 11.3 Å². The second-order valence-electron chi connectivity index (χ2n) is 2.03. The Kier molecular flexibility index (Phi) is 1.12. The molecule has 0 unspecified atom stereocenters. The van der Waals surface area contributed by atoms with Gasteiger partial charge in [0, 0.05) is 35.0 Å². The Morgan fingerprint density at radius 1 is 1.67 bits per heavy atom. The van der Waals surface area contributed by atoms with Gasteiger partial charge in [0.25, 0.3) is 0 Å². The van der Waals surface area contributed by atoms with E-state index in [1.54, 1.807) is 11.3 Å². The van der Waals surface area contributed by atoms with Crippen LogP contribution in [-0.2, 0) is 6.42 Å². The number of fused-ring (bicyclic) bond motifs is 1. The number of aliphatic imine (C=N–C) groups is 1. The first-order valence-electron chi connectivity index (χ1n) is 2.95. The van der Waals surface area contributed by atoms with Crippen LogP contribution in [0.4, 0.5) is 0 Å². The summed E-state index contributed by atoms with van der Waals surface area (Å²) < 4.78 is 0. The number of nitrogens with zero attached hydrogens (tertiary/aromatic N) is 1. The van der Waals surface area contributed by atoms with E-state index in [1.807, 2.05) is 12.3 Å². The lowest BCUT2D eigenvalue weighted by atomic mass is 10.2. The van der Waals surface area contributed by atoms with Gasteiger partial charge in [0.2, 0.25) is 0 Å². The van der Waals surface area contributed by atoms with Crippen LogP contribution in [0.3, 0.4) is 0 Å². The van der Waals surface area contributed by atoms with Gasteiger partial charge in [0.15, 0.2) is 0 Å². The van der Waals surface area contributed by atoms with E-state index in [0.29, 0.717) is 0 Å². The lowest BCUT2D eigenvalue weighted by Crippen LogP contribution is -1.97. The third kappa shape index (κ3) is 0.793. The molecule has 0 bridgehead atoms. The van der Waals surface area contributed by atoms with Crippen molar-refractivity contribution in [2.24, 2.45) is 4.99 Å². The van der Waals surface area contributed by atoms with E-state index < -0.39 is 0 Å². The highest BCUT2D eigenvalue weighted by atomic mass is 32.1. The third-order valence-electron chi connectivity index (χ3n) is 1.42. The summed E-state index contributed by atoms with van der Waals surface area (Å²) in [5, 5.41) is 3.09. The van der Waals surface area contributed by atoms with Crippen LogP contribution in [0.5, 0.6) is 0 Å². The van der Waals surface area contributed by atoms with Gasteiger partial charge in [-0.3, -0.25) is 4.99 Å². The van der Waals surface area contributed by atoms with Gasteiger partial charge in [-0.05, 0) is 6.07 Å². The summed E-state index contributed by atoms with van der Waals surface area (Å²) in [6, 6.07) is 2.00. The molecule has 1 aromatic rings. The first kappa shape index (κ1) is 5.18. The summed E-state index contributed by atoms with van der Waals surface area (Å²) in [4.78, 5) is 5.59. The van der Waals surface area contributed by atoms with Gasteiger partial charge in [0.1, 0.15) is 0 Å². The summed E-state index contributed by atoms with van der Waals surface area (Å²) in [7, 11) is 0. The molecule has 2 heterocycles. The minimum Gasteiger partial charge on any atom is -0.292 e. The SMILES string of the molecule is [c]1cc2c(s1)CCN=C2. The summed E-state index contributed by atoms with van der Waals surface area (Å²) >= 11 is 1.71. The Morgan fingerprint density at radius 3 is 3.56 bits per heavy atom. The van der Waals surface area contributed by atoms with Gasteiger partial charge < -0.3 is 0 Å². The summed E-state index contributed by atoms with van der Waals surface area (Å²) in [5.74, 6) is 0. The van der Waals surface area contributed by atoms with Crippen LogP contribution in [-0.4, -0.2) is 12.8 Å². The Bertz CT molecular complexity index is 237. The third-order valence-corrected chi connectivity index (χ3v) is 2.34. The smallest absolute Gasteiger partial charge is 0.0452 e. The summed E-state index contributed by atoms with van der Waals surface area (Å²) in [5.41, 5.74) is 1.27. The van der Waals surface area contributed by atoms with Gasteiger partial charge in [-0.1, -0.05) is 0 Å². The van der Waals surface area contributed by atoms with Crippen molar-refractivity contribution in [3.8, 4) is 0 Å². The van der Waals surface area contributed by atoms with Crippen LogP contribution in [0.2, 0.25) is 0 Å². The molecule has 2 rings (SSSR count). The zero-order chi connectivity index (χ0) is 6.10. The maximum Gasteiger partial charge on any atom is 0.0452 e. The van der Waals surface area contributed by atoms with Crippen LogP contribution < -0.4 is 0 Å². The van der Waals surface area contributed by atoms with Gasteiger partial charge in [-0.2, -0.15) is 0 Å². The van der Waals surface area contributed by atoms with E-state index in [1.165, 1.54) is 10.4 Å². The van der Waals surface area contributed by atoms with E-state index in [4.69, 9.17) is 0 Å². The number of hydrogen-bond donors (Lipinski definition) is 0. The molecule has 1 aliphatic heterocycles. The fraction of sp³-hybridized carbons (Fsp3) is 0.286. The van der Waals surface area contributed by atoms with E-state index in [-0.39, 0.29) is 0 Å². The first-order chi connectivity index (χ1) is 4.47. The molecular formula is C7H6NS. The van der Waals surface area contributed by atoms with Crippen molar-refractivity contribution in [1.29, 1.82) is 0 Å². The van der Waals surface area contributed by atoms with Crippen LogP contribution >= 0.6 is 11.3 Å². The van der Waals surface area contributed by atoms with Crippen LogP contribution in [0.1, 0.15) is 10.4 Å². The molecule has 0 amide bonds. The number of rotatable bonds is 0. The van der Waals surface area contributed by atoms with Crippen LogP contribution in [0.15, 0.2) is 11.1 Å². The molecule has 0 atom stereocenters. The Morgan fingerprint density at radius 2 is 2.67 bits per heavy atom. The second kappa shape index (κ2) is 1.95. The minimum atomic E-state index is 0.960. The largest absolute Gasteiger partial charge is 0.292 e. The summed E-state index contributed by atoms with van der Waals surface area (Å²) in [6.45, 7) is 0.960. The minimum absolute atomic E-state index is 0.960. The molecule has 0 saturated carbocycles. The quantitative estimate of drug-likeness (QED) is 0.513. The molecule has 0 N–H and O–H groups in total. The standard InChI is InChI=1S/C7H6NS/c1-3-8-5-6-2-4-9-7(1)6/h2,5H,1,3H2. The van der Waals surface area contributed by atoms with Crippen LogP contribution in [0.25, 0.3) is 0 Å².